The molecule has 0 heterocycles. The van der Waals surface area contributed by atoms with Crippen molar-refractivity contribution in [1.29, 1.82) is 5.26 Å². The summed E-state index contributed by atoms with van der Waals surface area (Å²) in [6, 6.07) is 12.9. The highest BCUT2D eigenvalue weighted by atomic mass is 35.5. The molecule has 0 radical (unpaired) electrons. The molecule has 1 N–H and O–H groups in total. The van der Waals surface area contributed by atoms with Crippen LogP contribution < -0.4 is 10.1 Å². The van der Waals surface area contributed by atoms with Crippen LogP contribution in [0.1, 0.15) is 11.1 Å². The molecule has 0 saturated carbocycles. The molecule has 0 aliphatic rings. The van der Waals surface area contributed by atoms with Gasteiger partial charge in [-0.1, -0.05) is 29.3 Å². The number of halogens is 2. The third kappa shape index (κ3) is 3.36. The van der Waals surface area contributed by atoms with E-state index in [1.54, 1.807) is 31.4 Å². The topological polar surface area (TPSA) is 45.0 Å². The maximum atomic E-state index is 9.04. The highest BCUT2D eigenvalue weighted by Gasteiger charge is 2.04. The lowest BCUT2D eigenvalue weighted by molar-refractivity contribution is 0.413. The molecule has 0 amide bonds. The van der Waals surface area contributed by atoms with E-state index in [1.807, 2.05) is 12.1 Å². The Morgan fingerprint density at radius 3 is 2.60 bits per heavy atom. The van der Waals surface area contributed by atoms with Gasteiger partial charge in [0.15, 0.2) is 0 Å². The van der Waals surface area contributed by atoms with Crippen molar-refractivity contribution in [2.75, 3.05) is 12.4 Å². The van der Waals surface area contributed by atoms with Crippen LogP contribution in [-0.4, -0.2) is 7.11 Å². The average molecular weight is 307 g/mol. The van der Waals surface area contributed by atoms with Crippen LogP contribution in [0.5, 0.6) is 5.75 Å². The number of nitrogens with one attached hydrogen (secondary N) is 1. The van der Waals surface area contributed by atoms with Gasteiger partial charge in [-0.15, -0.1) is 0 Å². The first-order valence-corrected chi connectivity index (χ1v) is 6.65. The van der Waals surface area contributed by atoms with E-state index in [2.05, 4.69) is 11.4 Å². The molecular formula is C15H12Cl2N2O. The Bertz CT molecular complexity index is 665. The molecule has 0 saturated heterocycles. The Hall–Kier alpha value is -1.89. The second-order valence-corrected chi connectivity index (χ2v) is 4.94. The zero-order valence-electron chi connectivity index (χ0n) is 10.8. The largest absolute Gasteiger partial charge is 0.495 e. The van der Waals surface area contributed by atoms with Crippen LogP contribution in [0.4, 0.5) is 5.69 Å². The van der Waals surface area contributed by atoms with Crippen LogP contribution in [0, 0.1) is 11.3 Å². The summed E-state index contributed by atoms with van der Waals surface area (Å²) in [6.45, 7) is 0.580. The van der Waals surface area contributed by atoms with E-state index in [-0.39, 0.29) is 0 Å². The monoisotopic (exact) mass is 306 g/mol. The van der Waals surface area contributed by atoms with Crippen LogP contribution in [-0.2, 0) is 6.54 Å². The van der Waals surface area contributed by atoms with E-state index in [4.69, 9.17) is 33.2 Å². The van der Waals surface area contributed by atoms with Gasteiger partial charge >= 0.3 is 0 Å². The maximum absolute atomic E-state index is 9.04. The Kier molecular flexibility index (Phi) is 4.73. The van der Waals surface area contributed by atoms with Crippen molar-refractivity contribution in [3.05, 3.63) is 57.6 Å². The fourth-order valence-electron chi connectivity index (χ4n) is 1.76. The molecule has 0 aliphatic carbocycles. The summed E-state index contributed by atoms with van der Waals surface area (Å²) < 4.78 is 5.11. The van der Waals surface area contributed by atoms with Gasteiger partial charge in [0.05, 0.1) is 22.7 Å². The quantitative estimate of drug-likeness (QED) is 0.905. The van der Waals surface area contributed by atoms with Crippen molar-refractivity contribution in [3.8, 4) is 11.8 Å². The van der Waals surface area contributed by atoms with Gasteiger partial charge in [0.1, 0.15) is 11.8 Å². The van der Waals surface area contributed by atoms with E-state index < -0.39 is 0 Å². The molecule has 2 rings (SSSR count). The molecular weight excluding hydrogens is 295 g/mol. The molecule has 2 aromatic rings. The first kappa shape index (κ1) is 14.5. The minimum absolute atomic E-state index is 0.504. The second kappa shape index (κ2) is 6.51. The van der Waals surface area contributed by atoms with Gasteiger partial charge in [0.2, 0.25) is 0 Å². The zero-order chi connectivity index (χ0) is 14.5. The second-order valence-electron chi connectivity index (χ2n) is 4.13. The Labute approximate surface area is 127 Å². The summed E-state index contributed by atoms with van der Waals surface area (Å²) in [5.74, 6) is 0.575. The molecule has 0 unspecified atom stereocenters. The Morgan fingerprint density at radius 2 is 1.95 bits per heavy atom. The summed E-state index contributed by atoms with van der Waals surface area (Å²) in [5, 5.41) is 13.3. The summed E-state index contributed by atoms with van der Waals surface area (Å²) in [6.07, 6.45) is 0. The van der Waals surface area contributed by atoms with Crippen LogP contribution >= 0.6 is 23.2 Å². The number of anilines is 1. The highest BCUT2D eigenvalue weighted by molar-refractivity contribution is 6.42. The standard InChI is InChI=1S/C15H12Cl2N2O/c1-20-15-5-2-10(6-11(15)8-18)9-19-12-3-4-13(16)14(17)7-12/h2-7,19H,9H2,1H3. The van der Waals surface area contributed by atoms with Gasteiger partial charge in [0.25, 0.3) is 0 Å². The van der Waals surface area contributed by atoms with Crippen LogP contribution in [0.2, 0.25) is 10.0 Å². The molecule has 0 spiro atoms. The number of nitrogens with zero attached hydrogens (tertiary/aromatic N) is 1. The van der Waals surface area contributed by atoms with Crippen molar-refractivity contribution >= 4 is 28.9 Å². The SMILES string of the molecule is COc1ccc(CNc2ccc(Cl)c(Cl)c2)cc1C#N. The molecule has 0 bridgehead atoms. The molecule has 102 valence electrons. The minimum atomic E-state index is 0.504. The molecule has 0 atom stereocenters. The minimum Gasteiger partial charge on any atom is -0.495 e. The highest BCUT2D eigenvalue weighted by Crippen LogP contribution is 2.25. The molecule has 0 fully saturated rings. The van der Waals surface area contributed by atoms with E-state index >= 15 is 0 Å². The number of rotatable bonds is 4. The Morgan fingerprint density at radius 1 is 1.15 bits per heavy atom. The van der Waals surface area contributed by atoms with Crippen LogP contribution in [0.3, 0.4) is 0 Å². The molecule has 0 aromatic heterocycles. The summed E-state index contributed by atoms with van der Waals surface area (Å²) in [7, 11) is 1.55. The molecule has 5 heteroatoms. The van der Waals surface area contributed by atoms with E-state index in [1.165, 1.54) is 0 Å². The normalized spacial score (nSPS) is 9.90. The van der Waals surface area contributed by atoms with E-state index in [9.17, 15) is 0 Å². The van der Waals surface area contributed by atoms with Crippen LogP contribution in [0.25, 0.3) is 0 Å². The number of nitriles is 1. The summed E-state index contributed by atoms with van der Waals surface area (Å²) >= 11 is 11.8. The summed E-state index contributed by atoms with van der Waals surface area (Å²) in [4.78, 5) is 0. The van der Waals surface area contributed by atoms with Gasteiger partial charge < -0.3 is 10.1 Å². The average Bonchev–Trinajstić information content (AvgIpc) is 2.48. The van der Waals surface area contributed by atoms with Crippen molar-refractivity contribution in [2.45, 2.75) is 6.54 Å². The lowest BCUT2D eigenvalue weighted by Gasteiger charge is -2.09. The molecule has 0 aliphatic heterocycles. The van der Waals surface area contributed by atoms with Gasteiger partial charge in [-0.05, 0) is 35.9 Å². The third-order valence-corrected chi connectivity index (χ3v) is 3.54. The van der Waals surface area contributed by atoms with Gasteiger partial charge in [-0.2, -0.15) is 5.26 Å². The van der Waals surface area contributed by atoms with E-state index in [0.29, 0.717) is 27.9 Å². The Balaban J connectivity index is 2.11. The number of hydrogen-bond acceptors (Lipinski definition) is 3. The number of benzene rings is 2. The van der Waals surface area contributed by atoms with Crippen molar-refractivity contribution in [1.82, 2.24) is 0 Å². The van der Waals surface area contributed by atoms with Gasteiger partial charge in [0, 0.05) is 12.2 Å². The van der Waals surface area contributed by atoms with Crippen molar-refractivity contribution in [2.24, 2.45) is 0 Å². The molecule has 2 aromatic carbocycles. The maximum Gasteiger partial charge on any atom is 0.136 e. The van der Waals surface area contributed by atoms with Gasteiger partial charge in [-0.25, -0.2) is 0 Å². The molecule has 3 nitrogen and oxygen atoms in total. The van der Waals surface area contributed by atoms with Crippen LogP contribution in [0.15, 0.2) is 36.4 Å². The number of methoxy groups -OCH3 is 1. The predicted molar refractivity (Wildman–Crippen MR) is 81.5 cm³/mol. The lowest BCUT2D eigenvalue weighted by Crippen LogP contribution is -2.00. The number of hydrogen-bond donors (Lipinski definition) is 1. The molecule has 20 heavy (non-hydrogen) atoms. The number of ether oxygens (including phenoxy) is 1. The lowest BCUT2D eigenvalue weighted by atomic mass is 10.1. The summed E-state index contributed by atoms with van der Waals surface area (Å²) in [5.41, 5.74) is 2.36. The fraction of sp³-hybridized carbons (Fsp3) is 0.133. The van der Waals surface area contributed by atoms with Gasteiger partial charge in [-0.3, -0.25) is 0 Å². The smallest absolute Gasteiger partial charge is 0.136 e. The van der Waals surface area contributed by atoms with Crippen molar-refractivity contribution < 1.29 is 4.74 Å². The first-order chi connectivity index (χ1) is 9.63. The fourth-order valence-corrected chi connectivity index (χ4v) is 2.06. The van der Waals surface area contributed by atoms with Crippen molar-refractivity contribution in [3.63, 3.8) is 0 Å². The third-order valence-electron chi connectivity index (χ3n) is 2.80. The van der Waals surface area contributed by atoms with E-state index in [0.717, 1.165) is 11.3 Å². The first-order valence-electron chi connectivity index (χ1n) is 5.90. The zero-order valence-corrected chi connectivity index (χ0v) is 12.3. The predicted octanol–water partition coefficient (Wildman–Crippen LogP) is 4.49.